The van der Waals surface area contributed by atoms with Crippen LogP contribution in [-0.4, -0.2) is 22.1 Å². The molecule has 0 saturated heterocycles. The van der Waals surface area contributed by atoms with Crippen LogP contribution in [0.2, 0.25) is 0 Å². The zero-order chi connectivity index (χ0) is 13.0. The largest absolute Gasteiger partial charge is 0.480 e. The van der Waals surface area contributed by atoms with Crippen LogP contribution in [0.1, 0.15) is 17.3 Å². The minimum absolute atomic E-state index is 0.0677. The molecule has 0 spiro atoms. The Bertz CT molecular complexity index is 469. The number of nitro groups is 1. The van der Waals surface area contributed by atoms with Gasteiger partial charge in [-0.2, -0.15) is 0 Å². The number of aromatic carboxylic acids is 1. The normalized spacial score (nSPS) is 11.6. The van der Waals surface area contributed by atoms with Crippen molar-refractivity contribution in [3.63, 3.8) is 0 Å². The van der Waals surface area contributed by atoms with E-state index in [1.807, 2.05) is 0 Å². The van der Waals surface area contributed by atoms with Gasteiger partial charge in [-0.25, -0.2) is 4.79 Å². The minimum atomic E-state index is -1.17. The molecule has 1 atom stereocenters. The first-order valence-corrected chi connectivity index (χ1v) is 4.76. The number of ether oxygens (including phenoxy) is 1. The summed E-state index contributed by atoms with van der Waals surface area (Å²) >= 11 is 0. The lowest BCUT2D eigenvalue weighted by Crippen LogP contribution is -2.10. The van der Waals surface area contributed by atoms with E-state index in [0.29, 0.717) is 0 Å². The lowest BCUT2D eigenvalue weighted by molar-refractivity contribution is -0.386. The van der Waals surface area contributed by atoms with Crippen LogP contribution in [-0.2, 0) is 0 Å². The Morgan fingerprint density at radius 2 is 2.29 bits per heavy atom. The summed E-state index contributed by atoms with van der Waals surface area (Å²) in [7, 11) is 0. The summed E-state index contributed by atoms with van der Waals surface area (Å²) in [5.74, 6) is -1.25. The number of rotatable bonds is 5. The molecule has 0 saturated carbocycles. The van der Waals surface area contributed by atoms with Crippen LogP contribution in [0, 0.1) is 10.1 Å². The maximum Gasteiger partial charge on any atom is 0.335 e. The lowest BCUT2D eigenvalue weighted by Gasteiger charge is -2.10. The molecule has 0 heterocycles. The van der Waals surface area contributed by atoms with Crippen molar-refractivity contribution in [3.05, 3.63) is 46.5 Å². The van der Waals surface area contributed by atoms with Gasteiger partial charge in [0, 0.05) is 12.1 Å². The molecule has 6 heteroatoms. The van der Waals surface area contributed by atoms with Gasteiger partial charge in [-0.1, -0.05) is 12.7 Å². The predicted octanol–water partition coefficient (Wildman–Crippen LogP) is 2.25. The highest BCUT2D eigenvalue weighted by Crippen LogP contribution is 2.29. The minimum Gasteiger partial charge on any atom is -0.480 e. The van der Waals surface area contributed by atoms with E-state index in [4.69, 9.17) is 9.84 Å². The second-order valence-corrected chi connectivity index (χ2v) is 3.30. The summed E-state index contributed by atoms with van der Waals surface area (Å²) < 4.78 is 5.22. The molecule has 6 nitrogen and oxygen atoms in total. The molecular formula is C11H11NO5. The molecule has 0 amide bonds. The third-order valence-corrected chi connectivity index (χ3v) is 2.05. The van der Waals surface area contributed by atoms with E-state index in [0.717, 1.165) is 18.2 Å². The molecule has 1 unspecified atom stereocenters. The third-order valence-electron chi connectivity index (χ3n) is 2.05. The van der Waals surface area contributed by atoms with Crippen LogP contribution in [0.3, 0.4) is 0 Å². The Morgan fingerprint density at radius 1 is 1.65 bits per heavy atom. The molecule has 0 aliphatic carbocycles. The first-order chi connectivity index (χ1) is 7.95. The van der Waals surface area contributed by atoms with E-state index in [1.165, 1.54) is 6.08 Å². The van der Waals surface area contributed by atoms with Gasteiger partial charge in [-0.15, -0.1) is 0 Å². The Labute approximate surface area is 97.3 Å². The summed E-state index contributed by atoms with van der Waals surface area (Å²) in [6, 6.07) is 3.39. The van der Waals surface area contributed by atoms with Crippen molar-refractivity contribution in [1.82, 2.24) is 0 Å². The van der Waals surface area contributed by atoms with E-state index in [-0.39, 0.29) is 17.0 Å². The van der Waals surface area contributed by atoms with Crippen molar-refractivity contribution in [3.8, 4) is 5.75 Å². The van der Waals surface area contributed by atoms with Gasteiger partial charge in [0.1, 0.15) is 6.10 Å². The Hall–Kier alpha value is -2.37. The fourth-order valence-corrected chi connectivity index (χ4v) is 1.14. The van der Waals surface area contributed by atoms with Crippen molar-refractivity contribution in [2.75, 3.05) is 0 Å². The van der Waals surface area contributed by atoms with Gasteiger partial charge < -0.3 is 9.84 Å². The second kappa shape index (κ2) is 5.11. The molecule has 0 aromatic heterocycles. The first kappa shape index (κ1) is 12.7. The highest BCUT2D eigenvalue weighted by atomic mass is 16.6. The predicted molar refractivity (Wildman–Crippen MR) is 60.3 cm³/mol. The third kappa shape index (κ3) is 3.04. The number of carbonyl (C=O) groups is 1. The molecule has 1 aromatic carbocycles. The quantitative estimate of drug-likeness (QED) is 0.482. The van der Waals surface area contributed by atoms with E-state index < -0.39 is 17.0 Å². The maximum atomic E-state index is 10.7. The zero-order valence-corrected chi connectivity index (χ0v) is 9.12. The summed E-state index contributed by atoms with van der Waals surface area (Å²) in [6.07, 6.45) is 1.01. The van der Waals surface area contributed by atoms with Gasteiger partial charge in [0.15, 0.2) is 5.75 Å². The van der Waals surface area contributed by atoms with Crippen LogP contribution in [0.4, 0.5) is 5.69 Å². The van der Waals surface area contributed by atoms with Crippen LogP contribution in [0.5, 0.6) is 5.75 Å². The Balaban J connectivity index is 3.20. The number of nitrogens with zero attached hydrogens (tertiary/aromatic N) is 1. The van der Waals surface area contributed by atoms with E-state index >= 15 is 0 Å². The molecule has 0 bridgehead atoms. The van der Waals surface area contributed by atoms with Gasteiger partial charge >= 0.3 is 11.7 Å². The SMILES string of the molecule is C=CC(C)Oc1cc(C(=O)O)ccc1[N+](=O)[O-]. The molecule has 90 valence electrons. The molecule has 0 aliphatic rings. The standard InChI is InChI=1S/C11H11NO5/c1-3-7(2)17-10-6-8(11(13)14)4-5-9(10)12(15)16/h3-7H,1H2,2H3,(H,13,14). The van der Waals surface area contributed by atoms with Crippen LogP contribution in [0.15, 0.2) is 30.9 Å². The van der Waals surface area contributed by atoms with Gasteiger partial charge in [-0.3, -0.25) is 10.1 Å². The monoisotopic (exact) mass is 237 g/mol. The number of carboxylic acid groups (broad SMARTS) is 1. The first-order valence-electron chi connectivity index (χ1n) is 4.76. The van der Waals surface area contributed by atoms with Gasteiger partial charge in [0.2, 0.25) is 0 Å². The number of hydrogen-bond donors (Lipinski definition) is 1. The fraction of sp³-hybridized carbons (Fsp3) is 0.182. The van der Waals surface area contributed by atoms with Gasteiger partial charge in [-0.05, 0) is 13.0 Å². The average molecular weight is 237 g/mol. The molecule has 1 rings (SSSR count). The molecule has 1 N–H and O–H groups in total. The molecule has 17 heavy (non-hydrogen) atoms. The summed E-state index contributed by atoms with van der Waals surface area (Å²) in [5.41, 5.74) is -0.342. The van der Waals surface area contributed by atoms with Crippen molar-refractivity contribution < 1.29 is 19.6 Å². The molecule has 1 aromatic rings. The number of carboxylic acids is 1. The smallest absolute Gasteiger partial charge is 0.335 e. The second-order valence-electron chi connectivity index (χ2n) is 3.30. The lowest BCUT2D eigenvalue weighted by atomic mass is 10.2. The molecular weight excluding hydrogens is 226 g/mol. The number of hydrogen-bond acceptors (Lipinski definition) is 4. The Kier molecular flexibility index (Phi) is 3.82. The summed E-state index contributed by atoms with van der Waals surface area (Å²) in [5, 5.41) is 19.5. The van der Waals surface area contributed by atoms with Crippen LogP contribution in [0.25, 0.3) is 0 Å². The van der Waals surface area contributed by atoms with Crippen molar-refractivity contribution in [2.45, 2.75) is 13.0 Å². The molecule has 0 aliphatic heterocycles. The van der Waals surface area contributed by atoms with Crippen molar-refractivity contribution >= 4 is 11.7 Å². The highest BCUT2D eigenvalue weighted by Gasteiger charge is 2.18. The maximum absolute atomic E-state index is 10.7. The summed E-state index contributed by atoms with van der Waals surface area (Å²) in [4.78, 5) is 20.8. The molecule has 0 fully saturated rings. The average Bonchev–Trinajstić information content (AvgIpc) is 2.28. The van der Waals surface area contributed by atoms with Crippen LogP contribution < -0.4 is 4.74 Å². The number of nitro benzene ring substituents is 1. The number of benzene rings is 1. The van der Waals surface area contributed by atoms with E-state index in [2.05, 4.69) is 6.58 Å². The van der Waals surface area contributed by atoms with Crippen molar-refractivity contribution in [2.24, 2.45) is 0 Å². The Morgan fingerprint density at radius 3 is 2.76 bits per heavy atom. The highest BCUT2D eigenvalue weighted by molar-refractivity contribution is 5.88. The fourth-order valence-electron chi connectivity index (χ4n) is 1.14. The topological polar surface area (TPSA) is 89.7 Å². The van der Waals surface area contributed by atoms with Gasteiger partial charge in [0.25, 0.3) is 0 Å². The van der Waals surface area contributed by atoms with E-state index in [1.54, 1.807) is 6.92 Å². The van der Waals surface area contributed by atoms with Gasteiger partial charge in [0.05, 0.1) is 10.5 Å². The van der Waals surface area contributed by atoms with Crippen molar-refractivity contribution in [1.29, 1.82) is 0 Å². The van der Waals surface area contributed by atoms with Crippen LogP contribution >= 0.6 is 0 Å². The summed E-state index contributed by atoms with van der Waals surface area (Å²) in [6.45, 7) is 5.12. The zero-order valence-electron chi connectivity index (χ0n) is 9.12. The van der Waals surface area contributed by atoms with E-state index in [9.17, 15) is 14.9 Å². The molecule has 0 radical (unpaired) electrons.